The van der Waals surface area contributed by atoms with Gasteiger partial charge in [-0.15, -0.1) is 11.3 Å². The maximum absolute atomic E-state index is 12.7. The number of thiophene rings is 1. The molecule has 7 nitrogen and oxygen atoms in total. The van der Waals surface area contributed by atoms with Gasteiger partial charge in [-0.1, -0.05) is 37.6 Å². The second-order valence-corrected chi connectivity index (χ2v) is 7.38. The highest BCUT2D eigenvalue weighted by Gasteiger charge is 2.17. The van der Waals surface area contributed by atoms with Crippen LogP contribution in [-0.2, 0) is 6.42 Å². The number of aromatic amines is 1. The highest BCUT2D eigenvalue weighted by atomic mass is 32.1. The van der Waals surface area contributed by atoms with E-state index in [4.69, 9.17) is 0 Å². The average molecular weight is 405 g/mol. The van der Waals surface area contributed by atoms with Crippen LogP contribution in [0.5, 0.6) is 0 Å². The number of carbonyl (C=O) groups is 1. The monoisotopic (exact) mass is 405 g/mol. The molecule has 0 saturated carbocycles. The second-order valence-electron chi connectivity index (χ2n) is 6.43. The van der Waals surface area contributed by atoms with Gasteiger partial charge in [0.05, 0.1) is 4.88 Å². The van der Waals surface area contributed by atoms with Gasteiger partial charge in [-0.25, -0.2) is 4.98 Å². The molecule has 3 heterocycles. The molecular weight excluding hydrogens is 386 g/mol. The van der Waals surface area contributed by atoms with Crippen molar-refractivity contribution in [3.63, 3.8) is 0 Å². The van der Waals surface area contributed by atoms with Crippen LogP contribution in [-0.4, -0.2) is 25.7 Å². The van der Waals surface area contributed by atoms with Crippen molar-refractivity contribution >= 4 is 23.1 Å². The van der Waals surface area contributed by atoms with E-state index in [0.717, 1.165) is 11.3 Å². The van der Waals surface area contributed by atoms with Gasteiger partial charge >= 0.3 is 0 Å². The van der Waals surface area contributed by atoms with Crippen molar-refractivity contribution in [2.24, 2.45) is 0 Å². The van der Waals surface area contributed by atoms with Gasteiger partial charge in [0, 0.05) is 23.4 Å². The van der Waals surface area contributed by atoms with Crippen LogP contribution >= 0.6 is 11.3 Å². The van der Waals surface area contributed by atoms with E-state index < -0.39 is 0 Å². The maximum atomic E-state index is 12.7. The molecule has 0 aliphatic heterocycles. The van der Waals surface area contributed by atoms with E-state index in [0.29, 0.717) is 29.2 Å². The Morgan fingerprint density at radius 2 is 2.00 bits per heavy atom. The highest BCUT2D eigenvalue weighted by Crippen LogP contribution is 2.27. The minimum atomic E-state index is -0.267. The quantitative estimate of drug-likeness (QED) is 0.509. The number of aromatic nitrogens is 4. The van der Waals surface area contributed by atoms with Crippen molar-refractivity contribution in [3.05, 3.63) is 81.6 Å². The van der Waals surface area contributed by atoms with Crippen molar-refractivity contribution in [3.8, 4) is 16.5 Å². The molecule has 1 aromatic carbocycles. The molecule has 0 spiro atoms. The number of anilines is 1. The summed E-state index contributed by atoms with van der Waals surface area (Å²) in [6.45, 7) is 2.02. The molecule has 0 unspecified atom stereocenters. The van der Waals surface area contributed by atoms with E-state index in [1.807, 2.05) is 30.5 Å². The third-order valence-electron chi connectivity index (χ3n) is 4.25. The molecule has 0 bridgehead atoms. The summed E-state index contributed by atoms with van der Waals surface area (Å²) >= 11 is 1.54. The van der Waals surface area contributed by atoms with Crippen LogP contribution in [0.3, 0.4) is 0 Å². The lowest BCUT2D eigenvalue weighted by Gasteiger charge is -2.09. The fourth-order valence-electron chi connectivity index (χ4n) is 2.93. The zero-order valence-corrected chi connectivity index (χ0v) is 16.6. The number of hydrogen-bond donors (Lipinski definition) is 2. The Morgan fingerprint density at radius 3 is 2.72 bits per heavy atom. The van der Waals surface area contributed by atoms with Gasteiger partial charge in [0.1, 0.15) is 11.5 Å². The standard InChI is InChI=1S/C21H19N5O2S/c1-2-7-15-12-19(27)24-21(22-15)26-18(13-16(25-26)17-10-6-11-29-17)23-20(28)14-8-4-3-5-9-14/h3-6,8-13H,2,7H2,1H3,(H,23,28)(H,22,24,27). The number of nitrogens with zero attached hydrogens (tertiary/aromatic N) is 3. The number of H-pyrrole nitrogens is 1. The van der Waals surface area contributed by atoms with Gasteiger partial charge in [0.2, 0.25) is 5.95 Å². The summed E-state index contributed by atoms with van der Waals surface area (Å²) in [4.78, 5) is 33.0. The van der Waals surface area contributed by atoms with Crippen LogP contribution in [0.15, 0.2) is 64.8 Å². The molecule has 3 aromatic heterocycles. The summed E-state index contributed by atoms with van der Waals surface area (Å²) in [5.74, 6) is 0.433. The summed E-state index contributed by atoms with van der Waals surface area (Å²) < 4.78 is 1.47. The Hall–Kier alpha value is -3.52. The Balaban J connectivity index is 1.78. The zero-order chi connectivity index (χ0) is 20.2. The number of amides is 1. The predicted octanol–water partition coefficient (Wildman–Crippen LogP) is 3.89. The third-order valence-corrected chi connectivity index (χ3v) is 5.14. The first-order valence-corrected chi connectivity index (χ1v) is 10.1. The van der Waals surface area contributed by atoms with Crippen molar-refractivity contribution in [1.82, 2.24) is 19.7 Å². The summed E-state index contributed by atoms with van der Waals surface area (Å²) in [6.07, 6.45) is 1.55. The number of aryl methyl sites for hydroxylation is 1. The minimum absolute atomic E-state index is 0.257. The lowest BCUT2D eigenvalue weighted by atomic mass is 10.2. The van der Waals surface area contributed by atoms with Gasteiger partial charge in [0.25, 0.3) is 11.5 Å². The van der Waals surface area contributed by atoms with Gasteiger partial charge in [-0.2, -0.15) is 9.78 Å². The van der Waals surface area contributed by atoms with Gasteiger partial charge in [0.15, 0.2) is 0 Å². The smallest absolute Gasteiger partial charge is 0.256 e. The molecule has 0 aliphatic rings. The Morgan fingerprint density at radius 1 is 1.17 bits per heavy atom. The molecule has 0 atom stereocenters. The summed E-state index contributed by atoms with van der Waals surface area (Å²) in [5.41, 5.74) is 1.64. The SMILES string of the molecule is CCCc1cc(=O)[nH]c(-n2nc(-c3cccs3)cc2NC(=O)c2ccccc2)n1. The van der Waals surface area contributed by atoms with E-state index in [9.17, 15) is 9.59 Å². The van der Waals surface area contributed by atoms with Gasteiger partial charge < -0.3 is 5.32 Å². The van der Waals surface area contributed by atoms with Crippen LogP contribution in [0.4, 0.5) is 5.82 Å². The summed E-state index contributed by atoms with van der Waals surface area (Å²) in [7, 11) is 0. The number of nitrogens with one attached hydrogen (secondary N) is 2. The molecule has 1 amide bonds. The largest absolute Gasteiger partial charge is 0.306 e. The summed E-state index contributed by atoms with van der Waals surface area (Å²) in [6, 6.07) is 16.1. The Labute approximate surface area is 171 Å². The Kier molecular flexibility index (Phi) is 5.35. The van der Waals surface area contributed by atoms with Crippen molar-refractivity contribution in [2.75, 3.05) is 5.32 Å². The fraction of sp³-hybridized carbons (Fsp3) is 0.143. The molecule has 29 heavy (non-hydrogen) atoms. The van der Waals surface area contributed by atoms with E-state index in [1.165, 1.54) is 10.7 Å². The van der Waals surface area contributed by atoms with Gasteiger partial charge in [-0.05, 0) is 30.0 Å². The first-order valence-electron chi connectivity index (χ1n) is 9.25. The normalized spacial score (nSPS) is 10.8. The summed E-state index contributed by atoms with van der Waals surface area (Å²) in [5, 5.41) is 9.43. The second kappa shape index (κ2) is 8.24. The van der Waals surface area contributed by atoms with Crippen LogP contribution < -0.4 is 10.9 Å². The number of carbonyl (C=O) groups excluding carboxylic acids is 1. The van der Waals surface area contributed by atoms with E-state index in [2.05, 4.69) is 20.4 Å². The number of rotatable bonds is 6. The minimum Gasteiger partial charge on any atom is -0.306 e. The lowest BCUT2D eigenvalue weighted by molar-refractivity contribution is 0.102. The molecule has 8 heteroatoms. The Bertz CT molecular complexity index is 1180. The lowest BCUT2D eigenvalue weighted by Crippen LogP contribution is -2.19. The van der Waals surface area contributed by atoms with Crippen LogP contribution in [0.25, 0.3) is 16.5 Å². The van der Waals surface area contributed by atoms with Crippen LogP contribution in [0.1, 0.15) is 29.4 Å². The number of hydrogen-bond acceptors (Lipinski definition) is 5. The molecule has 0 fully saturated rings. The molecule has 0 saturated heterocycles. The molecule has 4 aromatic rings. The van der Waals surface area contributed by atoms with E-state index in [-0.39, 0.29) is 17.4 Å². The maximum Gasteiger partial charge on any atom is 0.256 e. The third kappa shape index (κ3) is 4.17. The molecule has 4 rings (SSSR count). The molecule has 2 N–H and O–H groups in total. The molecule has 0 aliphatic carbocycles. The predicted molar refractivity (Wildman–Crippen MR) is 114 cm³/mol. The van der Waals surface area contributed by atoms with Crippen molar-refractivity contribution < 1.29 is 4.79 Å². The van der Waals surface area contributed by atoms with Crippen LogP contribution in [0, 0.1) is 0 Å². The molecule has 0 radical (unpaired) electrons. The number of benzene rings is 1. The molecule has 146 valence electrons. The zero-order valence-electron chi connectivity index (χ0n) is 15.8. The van der Waals surface area contributed by atoms with Crippen molar-refractivity contribution in [1.29, 1.82) is 0 Å². The average Bonchev–Trinajstić information content (AvgIpc) is 3.38. The first-order chi connectivity index (χ1) is 14.1. The fourth-order valence-corrected chi connectivity index (χ4v) is 3.61. The topological polar surface area (TPSA) is 92.7 Å². The molecular formula is C21H19N5O2S. The van der Waals surface area contributed by atoms with E-state index >= 15 is 0 Å². The highest BCUT2D eigenvalue weighted by molar-refractivity contribution is 7.13. The van der Waals surface area contributed by atoms with Crippen LogP contribution in [0.2, 0.25) is 0 Å². The van der Waals surface area contributed by atoms with E-state index in [1.54, 1.807) is 41.7 Å². The van der Waals surface area contributed by atoms with Gasteiger partial charge in [-0.3, -0.25) is 14.6 Å². The first kappa shape index (κ1) is 18.8. The van der Waals surface area contributed by atoms with Crippen molar-refractivity contribution in [2.45, 2.75) is 19.8 Å².